The van der Waals surface area contributed by atoms with Crippen LogP contribution in [0.5, 0.6) is 0 Å². The van der Waals surface area contributed by atoms with E-state index in [-0.39, 0.29) is 18.0 Å². The summed E-state index contributed by atoms with van der Waals surface area (Å²) in [5.74, 6) is 2.74. The van der Waals surface area contributed by atoms with Crippen LogP contribution < -0.4 is 0 Å². The Morgan fingerprint density at radius 1 is 0.706 bits per heavy atom. The van der Waals surface area contributed by atoms with E-state index in [1.54, 1.807) is 16.4 Å². The molecule has 5 aromatic rings. The van der Waals surface area contributed by atoms with Crippen LogP contribution in [0.15, 0.2) is 167 Å². The van der Waals surface area contributed by atoms with E-state index in [0.717, 1.165) is 50.1 Å². The van der Waals surface area contributed by atoms with E-state index in [9.17, 15) is 8.42 Å². The first-order chi connectivity index (χ1) is 24.5. The van der Waals surface area contributed by atoms with Crippen LogP contribution in [-0.2, 0) is 15.4 Å². The molecule has 0 saturated heterocycles. The van der Waals surface area contributed by atoms with Gasteiger partial charge in [0.05, 0.1) is 16.9 Å². The topological polar surface area (TPSA) is 37.4 Å². The number of benzene rings is 5. The molecule has 1 atom stereocenters. The molecule has 2 aliphatic carbocycles. The molecular weight excluding hydrogens is 643 g/mol. The van der Waals surface area contributed by atoms with Gasteiger partial charge in [-0.3, -0.25) is 0 Å². The minimum Gasteiger partial charge on any atom is -0.207 e. The van der Waals surface area contributed by atoms with Gasteiger partial charge in [0, 0.05) is 12.0 Å². The van der Waals surface area contributed by atoms with Crippen molar-refractivity contribution in [1.82, 2.24) is 4.31 Å². The maximum atomic E-state index is 14.8. The lowest BCUT2D eigenvalue weighted by atomic mass is 9.70. The standard InChI is InChI=1S/C47H43NO2S/c1-7-31-48(51(49,50)38-29-27-34(4)28-30-38)32-47-40-26-18-17-25-39(40)42(37-23-15-10-16-24-37)45(47)46(5,6)43(33(2)3)44(47)41(35-19-11-8-12-20-35)36-21-13-9-14-22-36/h1,8-30H,31-32H2,2-6H3. The minimum atomic E-state index is -4.02. The molecule has 7 rings (SSSR count). The van der Waals surface area contributed by atoms with Gasteiger partial charge in [-0.15, -0.1) is 6.42 Å². The van der Waals surface area contributed by atoms with Crippen molar-refractivity contribution in [2.45, 2.75) is 44.9 Å². The van der Waals surface area contributed by atoms with Gasteiger partial charge in [0.15, 0.2) is 0 Å². The first-order valence-corrected chi connectivity index (χ1v) is 18.9. The summed E-state index contributed by atoms with van der Waals surface area (Å²) in [7, 11) is -4.02. The van der Waals surface area contributed by atoms with Crippen LogP contribution in [0, 0.1) is 24.7 Å². The molecule has 0 aliphatic heterocycles. The molecule has 0 radical (unpaired) electrons. The Bertz CT molecular complexity index is 2310. The van der Waals surface area contributed by atoms with Crippen molar-refractivity contribution in [3.05, 3.63) is 195 Å². The molecule has 0 bridgehead atoms. The zero-order chi connectivity index (χ0) is 36.0. The summed E-state index contributed by atoms with van der Waals surface area (Å²) in [5, 5.41) is 0. The number of hydrogen-bond acceptors (Lipinski definition) is 2. The van der Waals surface area contributed by atoms with Crippen molar-refractivity contribution >= 4 is 21.2 Å². The molecule has 4 heteroatoms. The monoisotopic (exact) mass is 685 g/mol. The number of nitrogens with zero attached hydrogens (tertiary/aromatic N) is 1. The Morgan fingerprint density at radius 2 is 1.24 bits per heavy atom. The maximum Gasteiger partial charge on any atom is 0.243 e. The molecule has 5 aromatic carbocycles. The molecule has 254 valence electrons. The number of rotatable bonds is 8. The fourth-order valence-electron chi connectivity index (χ4n) is 8.79. The van der Waals surface area contributed by atoms with Gasteiger partial charge in [0.2, 0.25) is 10.0 Å². The molecule has 0 spiro atoms. The molecule has 3 nitrogen and oxygen atoms in total. The molecule has 0 amide bonds. The summed E-state index contributed by atoms with van der Waals surface area (Å²) >= 11 is 0. The quantitative estimate of drug-likeness (QED) is 0.153. The average molecular weight is 686 g/mol. The fourth-order valence-corrected chi connectivity index (χ4v) is 10.2. The summed E-state index contributed by atoms with van der Waals surface area (Å²) in [6.07, 6.45) is 6.07. The zero-order valence-corrected chi connectivity index (χ0v) is 30.8. The lowest BCUT2D eigenvalue weighted by Crippen LogP contribution is -2.44. The summed E-state index contributed by atoms with van der Waals surface area (Å²) in [4.78, 5) is 0.233. The third-order valence-electron chi connectivity index (χ3n) is 10.5. The van der Waals surface area contributed by atoms with Crippen molar-refractivity contribution in [1.29, 1.82) is 0 Å². The highest BCUT2D eigenvalue weighted by molar-refractivity contribution is 7.89. The first kappa shape index (κ1) is 34.2. The van der Waals surface area contributed by atoms with Gasteiger partial charge < -0.3 is 0 Å². The molecule has 1 saturated carbocycles. The van der Waals surface area contributed by atoms with E-state index in [1.807, 2.05) is 37.3 Å². The Hall–Kier alpha value is -5.21. The molecule has 0 aromatic heterocycles. The summed E-state index contributed by atoms with van der Waals surface area (Å²) < 4.78 is 31.2. The van der Waals surface area contributed by atoms with Crippen LogP contribution in [-0.4, -0.2) is 25.8 Å². The number of hydrogen-bond donors (Lipinski definition) is 0. The highest BCUT2D eigenvalue weighted by Gasteiger charge is 2.62. The van der Waals surface area contributed by atoms with Gasteiger partial charge in [-0.1, -0.05) is 158 Å². The second-order valence-electron chi connectivity index (χ2n) is 14.3. The van der Waals surface area contributed by atoms with Crippen molar-refractivity contribution in [2.24, 2.45) is 5.41 Å². The summed E-state index contributed by atoms with van der Waals surface area (Å²) in [6, 6.07) is 47.3. The SMILES string of the molecule is C#CCN(CC12C(=C(c3ccccc3)c3ccccc3)C(=C(C)C)C(C)(C)C1=C(c1ccccc1)c1ccccc12)S(=O)(=O)c1ccc(C)cc1. The molecule has 0 N–H and O–H groups in total. The van der Waals surface area contributed by atoms with E-state index in [4.69, 9.17) is 6.42 Å². The number of allylic oxidation sites excluding steroid dienone is 2. The normalized spacial score (nSPS) is 17.7. The first-order valence-electron chi connectivity index (χ1n) is 17.5. The van der Waals surface area contributed by atoms with E-state index in [0.29, 0.717) is 0 Å². The number of terminal acetylenes is 1. The van der Waals surface area contributed by atoms with Gasteiger partial charge in [-0.25, -0.2) is 8.42 Å². The average Bonchev–Trinajstić information content (AvgIpc) is 3.54. The second-order valence-corrected chi connectivity index (χ2v) is 16.3. The molecule has 1 unspecified atom stereocenters. The van der Waals surface area contributed by atoms with Crippen LogP contribution in [0.4, 0.5) is 0 Å². The van der Waals surface area contributed by atoms with Crippen molar-refractivity contribution in [3.63, 3.8) is 0 Å². The second kappa shape index (κ2) is 13.2. The Labute approximate surface area is 303 Å². The fraction of sp³-hybridized carbons (Fsp3) is 0.191. The van der Waals surface area contributed by atoms with E-state index in [2.05, 4.69) is 131 Å². The van der Waals surface area contributed by atoms with Gasteiger partial charge >= 0.3 is 0 Å². The molecule has 0 heterocycles. The smallest absolute Gasteiger partial charge is 0.207 e. The van der Waals surface area contributed by atoms with Crippen LogP contribution in [0.1, 0.15) is 61.1 Å². The zero-order valence-electron chi connectivity index (χ0n) is 29.9. The van der Waals surface area contributed by atoms with E-state index < -0.39 is 20.9 Å². The number of fused-ring (bicyclic) bond motifs is 3. The summed E-state index contributed by atoms with van der Waals surface area (Å²) in [6.45, 7) is 11.0. The van der Waals surface area contributed by atoms with Crippen molar-refractivity contribution in [3.8, 4) is 12.3 Å². The lowest BCUT2D eigenvalue weighted by molar-refractivity contribution is 0.382. The van der Waals surface area contributed by atoms with Gasteiger partial charge in [0.25, 0.3) is 0 Å². The van der Waals surface area contributed by atoms with E-state index >= 15 is 0 Å². The van der Waals surface area contributed by atoms with Crippen LogP contribution in [0.2, 0.25) is 0 Å². The third kappa shape index (κ3) is 5.53. The molecule has 1 fully saturated rings. The molecule has 51 heavy (non-hydrogen) atoms. The van der Waals surface area contributed by atoms with Crippen molar-refractivity contribution < 1.29 is 8.42 Å². The highest BCUT2D eigenvalue weighted by Crippen LogP contribution is 2.70. The Morgan fingerprint density at radius 3 is 1.78 bits per heavy atom. The van der Waals surface area contributed by atoms with Gasteiger partial charge in [-0.05, 0) is 88.6 Å². The predicted molar refractivity (Wildman–Crippen MR) is 210 cm³/mol. The maximum absolute atomic E-state index is 14.8. The minimum absolute atomic E-state index is 0.0715. The number of sulfonamides is 1. The van der Waals surface area contributed by atoms with Crippen LogP contribution >= 0.6 is 0 Å². The van der Waals surface area contributed by atoms with Crippen LogP contribution in [0.25, 0.3) is 11.1 Å². The summed E-state index contributed by atoms with van der Waals surface area (Å²) in [5.41, 5.74) is 12.0. The lowest BCUT2D eigenvalue weighted by Gasteiger charge is -2.38. The highest BCUT2D eigenvalue weighted by atomic mass is 32.2. The number of aryl methyl sites for hydroxylation is 1. The Balaban J connectivity index is 1.70. The van der Waals surface area contributed by atoms with Gasteiger partial charge in [0.1, 0.15) is 0 Å². The Kier molecular flexibility index (Phi) is 8.84. The van der Waals surface area contributed by atoms with Crippen molar-refractivity contribution in [2.75, 3.05) is 13.1 Å². The predicted octanol–water partition coefficient (Wildman–Crippen LogP) is 10.3. The molecule has 2 aliphatic rings. The largest absolute Gasteiger partial charge is 0.243 e. The van der Waals surface area contributed by atoms with Crippen LogP contribution in [0.3, 0.4) is 0 Å². The third-order valence-corrected chi connectivity index (χ3v) is 12.3. The molecular formula is C47H43NO2S. The van der Waals surface area contributed by atoms with Gasteiger partial charge in [-0.2, -0.15) is 4.31 Å². The van der Waals surface area contributed by atoms with E-state index in [1.165, 1.54) is 16.7 Å².